The van der Waals surface area contributed by atoms with E-state index in [2.05, 4.69) is 22.4 Å². The van der Waals surface area contributed by atoms with Crippen molar-refractivity contribution in [3.8, 4) is 0 Å². The molecule has 1 aromatic rings. The molecule has 1 aromatic heterocycles. The SMILES string of the molecule is CC1CCC(Nc2cn[nH]c2N)CC1. The molecular weight excluding hydrogens is 176 g/mol. The summed E-state index contributed by atoms with van der Waals surface area (Å²) in [5.74, 6) is 1.53. The first-order chi connectivity index (χ1) is 6.75. The van der Waals surface area contributed by atoms with Gasteiger partial charge in [0.25, 0.3) is 0 Å². The van der Waals surface area contributed by atoms with Gasteiger partial charge < -0.3 is 11.1 Å². The maximum atomic E-state index is 5.70. The minimum absolute atomic E-state index is 0.575. The lowest BCUT2D eigenvalue weighted by molar-refractivity contribution is 0.361. The van der Waals surface area contributed by atoms with Crippen LogP contribution in [0.15, 0.2) is 6.20 Å². The monoisotopic (exact) mass is 194 g/mol. The van der Waals surface area contributed by atoms with E-state index in [0.29, 0.717) is 11.9 Å². The molecule has 14 heavy (non-hydrogen) atoms. The summed E-state index contributed by atoms with van der Waals surface area (Å²) in [6.07, 6.45) is 6.87. The third-order valence-corrected chi connectivity index (χ3v) is 3.04. The van der Waals surface area contributed by atoms with Gasteiger partial charge in [0, 0.05) is 6.04 Å². The molecule has 0 aliphatic heterocycles. The van der Waals surface area contributed by atoms with Gasteiger partial charge in [-0.1, -0.05) is 6.92 Å². The fraction of sp³-hybridized carbons (Fsp3) is 0.700. The lowest BCUT2D eigenvalue weighted by Gasteiger charge is -2.27. The van der Waals surface area contributed by atoms with E-state index in [1.807, 2.05) is 0 Å². The van der Waals surface area contributed by atoms with Crippen LogP contribution in [0.2, 0.25) is 0 Å². The van der Waals surface area contributed by atoms with Crippen LogP contribution in [0.25, 0.3) is 0 Å². The van der Waals surface area contributed by atoms with Crippen LogP contribution in [-0.2, 0) is 0 Å². The number of hydrogen-bond acceptors (Lipinski definition) is 3. The second-order valence-electron chi connectivity index (χ2n) is 4.30. The van der Waals surface area contributed by atoms with E-state index in [-0.39, 0.29) is 0 Å². The second kappa shape index (κ2) is 3.90. The maximum absolute atomic E-state index is 5.70. The molecule has 0 radical (unpaired) electrons. The normalized spacial score (nSPS) is 27.5. The van der Waals surface area contributed by atoms with Crippen molar-refractivity contribution >= 4 is 11.5 Å². The van der Waals surface area contributed by atoms with Crippen molar-refractivity contribution in [2.24, 2.45) is 5.92 Å². The summed E-state index contributed by atoms with van der Waals surface area (Å²) in [4.78, 5) is 0. The average molecular weight is 194 g/mol. The first-order valence-electron chi connectivity index (χ1n) is 5.31. The van der Waals surface area contributed by atoms with E-state index in [0.717, 1.165) is 11.6 Å². The Hall–Kier alpha value is -1.19. The van der Waals surface area contributed by atoms with Crippen LogP contribution in [0.5, 0.6) is 0 Å². The Morgan fingerprint density at radius 1 is 1.43 bits per heavy atom. The van der Waals surface area contributed by atoms with Crippen molar-refractivity contribution in [3.05, 3.63) is 6.20 Å². The van der Waals surface area contributed by atoms with Gasteiger partial charge in [-0.25, -0.2) is 0 Å². The molecule has 0 aromatic carbocycles. The fourth-order valence-corrected chi connectivity index (χ4v) is 2.04. The number of hydrogen-bond donors (Lipinski definition) is 3. The number of nitrogen functional groups attached to an aromatic ring is 1. The molecule has 0 amide bonds. The predicted molar refractivity (Wildman–Crippen MR) is 58.0 cm³/mol. The largest absolute Gasteiger partial charge is 0.382 e. The number of nitrogens with two attached hydrogens (primary N) is 1. The smallest absolute Gasteiger partial charge is 0.142 e. The van der Waals surface area contributed by atoms with Crippen molar-refractivity contribution < 1.29 is 0 Å². The molecule has 4 heteroatoms. The summed E-state index contributed by atoms with van der Waals surface area (Å²) >= 11 is 0. The fourth-order valence-electron chi connectivity index (χ4n) is 2.04. The van der Waals surface area contributed by atoms with Crippen LogP contribution < -0.4 is 11.1 Å². The third-order valence-electron chi connectivity index (χ3n) is 3.04. The minimum Gasteiger partial charge on any atom is -0.382 e. The van der Waals surface area contributed by atoms with Gasteiger partial charge in [0.15, 0.2) is 0 Å². The third kappa shape index (κ3) is 2.00. The Labute approximate surface area is 84.3 Å². The second-order valence-corrected chi connectivity index (χ2v) is 4.30. The van der Waals surface area contributed by atoms with Crippen LogP contribution in [0.3, 0.4) is 0 Å². The van der Waals surface area contributed by atoms with Crippen LogP contribution >= 0.6 is 0 Å². The molecule has 1 aliphatic rings. The van der Waals surface area contributed by atoms with Gasteiger partial charge in [-0.05, 0) is 31.6 Å². The summed E-state index contributed by atoms with van der Waals surface area (Å²) in [7, 11) is 0. The van der Waals surface area contributed by atoms with E-state index in [1.165, 1.54) is 25.7 Å². The van der Waals surface area contributed by atoms with Gasteiger partial charge in [-0.3, -0.25) is 5.10 Å². The Morgan fingerprint density at radius 3 is 2.71 bits per heavy atom. The Kier molecular flexibility index (Phi) is 2.61. The predicted octanol–water partition coefficient (Wildman–Crippen LogP) is 1.98. The number of anilines is 2. The number of nitrogens with one attached hydrogen (secondary N) is 2. The lowest BCUT2D eigenvalue weighted by atomic mass is 9.87. The highest BCUT2D eigenvalue weighted by molar-refractivity contribution is 5.60. The number of aromatic amines is 1. The number of nitrogens with zero attached hydrogens (tertiary/aromatic N) is 1. The molecule has 1 saturated carbocycles. The molecule has 0 saturated heterocycles. The van der Waals surface area contributed by atoms with Gasteiger partial charge in [0.1, 0.15) is 5.82 Å². The number of aromatic nitrogens is 2. The summed E-state index contributed by atoms with van der Waals surface area (Å²) < 4.78 is 0. The van der Waals surface area contributed by atoms with E-state index in [1.54, 1.807) is 6.20 Å². The topological polar surface area (TPSA) is 66.7 Å². The summed E-state index contributed by atoms with van der Waals surface area (Å²) in [5, 5.41) is 10.1. The molecule has 0 atom stereocenters. The first-order valence-corrected chi connectivity index (χ1v) is 5.31. The van der Waals surface area contributed by atoms with E-state index >= 15 is 0 Å². The molecule has 1 aliphatic carbocycles. The zero-order chi connectivity index (χ0) is 9.97. The first kappa shape index (κ1) is 9.37. The molecule has 78 valence electrons. The van der Waals surface area contributed by atoms with Crippen molar-refractivity contribution in [3.63, 3.8) is 0 Å². The van der Waals surface area contributed by atoms with E-state index < -0.39 is 0 Å². The average Bonchev–Trinajstić information content (AvgIpc) is 2.56. The Balaban J connectivity index is 1.89. The number of H-pyrrole nitrogens is 1. The summed E-state index contributed by atoms with van der Waals surface area (Å²) in [6, 6.07) is 0.575. The minimum atomic E-state index is 0.575. The summed E-state index contributed by atoms with van der Waals surface area (Å²) in [6.45, 7) is 2.32. The zero-order valence-corrected chi connectivity index (χ0v) is 8.59. The molecule has 2 rings (SSSR count). The Bertz CT molecular complexity index is 286. The van der Waals surface area contributed by atoms with E-state index in [9.17, 15) is 0 Å². The molecule has 4 nitrogen and oxygen atoms in total. The van der Waals surface area contributed by atoms with Gasteiger partial charge in [0.2, 0.25) is 0 Å². The van der Waals surface area contributed by atoms with Crippen LogP contribution in [0.1, 0.15) is 32.6 Å². The van der Waals surface area contributed by atoms with Gasteiger partial charge in [0.05, 0.1) is 11.9 Å². The maximum Gasteiger partial charge on any atom is 0.142 e. The molecular formula is C10H18N4. The molecule has 1 heterocycles. The quantitative estimate of drug-likeness (QED) is 0.674. The highest BCUT2D eigenvalue weighted by Gasteiger charge is 2.18. The van der Waals surface area contributed by atoms with Crippen molar-refractivity contribution in [2.75, 3.05) is 11.1 Å². The zero-order valence-electron chi connectivity index (χ0n) is 8.59. The van der Waals surface area contributed by atoms with E-state index in [4.69, 9.17) is 5.73 Å². The highest BCUT2D eigenvalue weighted by Crippen LogP contribution is 2.26. The standard InChI is InChI=1S/C10H18N4/c1-7-2-4-8(5-3-7)13-9-6-12-14-10(9)11/h6-8,13H,2-5H2,1H3,(H3,11,12,14). The van der Waals surface area contributed by atoms with Gasteiger partial charge in [-0.15, -0.1) is 0 Å². The van der Waals surface area contributed by atoms with Crippen LogP contribution in [0, 0.1) is 5.92 Å². The highest BCUT2D eigenvalue weighted by atomic mass is 15.2. The van der Waals surface area contributed by atoms with Crippen LogP contribution in [0.4, 0.5) is 11.5 Å². The molecule has 4 N–H and O–H groups in total. The van der Waals surface area contributed by atoms with Gasteiger partial charge in [-0.2, -0.15) is 5.10 Å². The summed E-state index contributed by atoms with van der Waals surface area (Å²) in [5.41, 5.74) is 6.65. The van der Waals surface area contributed by atoms with Crippen LogP contribution in [-0.4, -0.2) is 16.2 Å². The molecule has 0 spiro atoms. The Morgan fingerprint density at radius 2 is 2.14 bits per heavy atom. The van der Waals surface area contributed by atoms with Crippen molar-refractivity contribution in [2.45, 2.75) is 38.6 Å². The van der Waals surface area contributed by atoms with Crippen molar-refractivity contribution in [1.82, 2.24) is 10.2 Å². The van der Waals surface area contributed by atoms with Gasteiger partial charge >= 0.3 is 0 Å². The van der Waals surface area contributed by atoms with Crippen molar-refractivity contribution in [1.29, 1.82) is 0 Å². The molecule has 0 bridgehead atoms. The molecule has 0 unspecified atom stereocenters. The lowest BCUT2D eigenvalue weighted by Crippen LogP contribution is -2.25. The molecule has 1 fully saturated rings. The number of rotatable bonds is 2.